The Bertz CT molecular complexity index is 1000. The van der Waals surface area contributed by atoms with Gasteiger partial charge in [0.1, 0.15) is 6.07 Å². The SMILES string of the molecule is N#CCOC(=O)Cc1cn(-c2ccccc2)nc1-c1ccc([N+](=O)[O-])cc1. The zero-order valence-corrected chi connectivity index (χ0v) is 14.1. The van der Waals surface area contributed by atoms with Crippen molar-refractivity contribution in [1.29, 1.82) is 5.26 Å². The maximum absolute atomic E-state index is 11.9. The van der Waals surface area contributed by atoms with E-state index in [1.165, 1.54) is 12.1 Å². The van der Waals surface area contributed by atoms with Gasteiger partial charge in [-0.05, 0) is 24.3 Å². The number of hydrogen-bond donors (Lipinski definition) is 0. The van der Waals surface area contributed by atoms with Gasteiger partial charge in [0.05, 0.1) is 22.7 Å². The van der Waals surface area contributed by atoms with Crippen LogP contribution in [-0.2, 0) is 16.0 Å². The van der Waals surface area contributed by atoms with E-state index in [4.69, 9.17) is 10.00 Å². The standard InChI is InChI=1S/C19H14N4O4/c20-10-11-27-18(24)12-15-13-22(16-4-2-1-3-5-16)21-19(15)14-6-8-17(9-7-14)23(25)26/h1-9,13H,11-12H2. The van der Waals surface area contributed by atoms with Crippen LogP contribution in [0.5, 0.6) is 0 Å². The summed E-state index contributed by atoms with van der Waals surface area (Å²) in [4.78, 5) is 22.3. The van der Waals surface area contributed by atoms with E-state index >= 15 is 0 Å². The number of nitro benzene ring substituents is 1. The van der Waals surface area contributed by atoms with Crippen molar-refractivity contribution in [3.05, 3.63) is 76.5 Å². The topological polar surface area (TPSA) is 111 Å². The molecular weight excluding hydrogens is 348 g/mol. The molecule has 2 aromatic carbocycles. The van der Waals surface area contributed by atoms with E-state index < -0.39 is 10.9 Å². The molecule has 3 aromatic rings. The van der Waals surface area contributed by atoms with E-state index in [2.05, 4.69) is 5.10 Å². The Morgan fingerprint density at radius 2 is 1.89 bits per heavy atom. The van der Waals surface area contributed by atoms with E-state index in [1.54, 1.807) is 29.1 Å². The molecule has 0 saturated carbocycles. The Labute approximate surface area is 154 Å². The molecule has 0 bridgehead atoms. The molecule has 27 heavy (non-hydrogen) atoms. The first-order chi connectivity index (χ1) is 13.1. The second-order valence-corrected chi connectivity index (χ2v) is 5.58. The summed E-state index contributed by atoms with van der Waals surface area (Å²) in [6.45, 7) is -0.321. The van der Waals surface area contributed by atoms with Gasteiger partial charge >= 0.3 is 5.97 Å². The van der Waals surface area contributed by atoms with Gasteiger partial charge in [0.15, 0.2) is 6.61 Å². The van der Waals surface area contributed by atoms with Crippen LogP contribution in [0.25, 0.3) is 16.9 Å². The summed E-state index contributed by atoms with van der Waals surface area (Å²) in [5.41, 5.74) is 2.52. The minimum Gasteiger partial charge on any atom is -0.450 e. The number of non-ortho nitro benzene ring substituents is 1. The van der Waals surface area contributed by atoms with Crippen LogP contribution in [0, 0.1) is 21.4 Å². The van der Waals surface area contributed by atoms with Gasteiger partial charge in [-0.15, -0.1) is 0 Å². The summed E-state index contributed by atoms with van der Waals surface area (Å²) in [6, 6.07) is 17.0. The van der Waals surface area contributed by atoms with Gasteiger partial charge in [-0.1, -0.05) is 18.2 Å². The van der Waals surface area contributed by atoms with E-state index in [9.17, 15) is 14.9 Å². The number of carbonyl (C=O) groups is 1. The highest BCUT2D eigenvalue weighted by atomic mass is 16.6. The zero-order chi connectivity index (χ0) is 19.2. The van der Waals surface area contributed by atoms with Crippen LogP contribution in [0.1, 0.15) is 5.56 Å². The first-order valence-electron chi connectivity index (χ1n) is 8.00. The van der Waals surface area contributed by atoms with Gasteiger partial charge in [-0.2, -0.15) is 10.4 Å². The fourth-order valence-electron chi connectivity index (χ4n) is 2.56. The van der Waals surface area contributed by atoms with Crippen LogP contribution in [-0.4, -0.2) is 27.3 Å². The van der Waals surface area contributed by atoms with Crippen molar-refractivity contribution >= 4 is 11.7 Å². The van der Waals surface area contributed by atoms with Crippen molar-refractivity contribution in [1.82, 2.24) is 9.78 Å². The molecule has 0 saturated heterocycles. The monoisotopic (exact) mass is 362 g/mol. The maximum Gasteiger partial charge on any atom is 0.311 e. The molecule has 0 aliphatic carbocycles. The summed E-state index contributed by atoms with van der Waals surface area (Å²) >= 11 is 0. The highest BCUT2D eigenvalue weighted by Crippen LogP contribution is 2.26. The average molecular weight is 362 g/mol. The third-order valence-corrected chi connectivity index (χ3v) is 3.79. The quantitative estimate of drug-likeness (QED) is 0.378. The second-order valence-electron chi connectivity index (χ2n) is 5.58. The third-order valence-electron chi connectivity index (χ3n) is 3.79. The van der Waals surface area contributed by atoms with E-state index in [-0.39, 0.29) is 18.7 Å². The Balaban J connectivity index is 1.99. The van der Waals surface area contributed by atoms with E-state index in [0.717, 1.165) is 5.69 Å². The number of nitrogens with zero attached hydrogens (tertiary/aromatic N) is 4. The van der Waals surface area contributed by atoms with E-state index in [1.807, 2.05) is 30.3 Å². The molecule has 0 aliphatic heterocycles. The van der Waals surface area contributed by atoms with Crippen LogP contribution in [0.4, 0.5) is 5.69 Å². The van der Waals surface area contributed by atoms with Crippen molar-refractivity contribution in [2.75, 3.05) is 6.61 Å². The normalized spacial score (nSPS) is 10.2. The molecule has 134 valence electrons. The number of esters is 1. The predicted molar refractivity (Wildman–Crippen MR) is 95.9 cm³/mol. The van der Waals surface area contributed by atoms with Gasteiger partial charge in [-0.3, -0.25) is 14.9 Å². The number of aromatic nitrogens is 2. The lowest BCUT2D eigenvalue weighted by Gasteiger charge is -2.02. The highest BCUT2D eigenvalue weighted by Gasteiger charge is 2.17. The van der Waals surface area contributed by atoms with Crippen molar-refractivity contribution in [3.8, 4) is 23.0 Å². The van der Waals surface area contributed by atoms with Gasteiger partial charge in [0, 0.05) is 29.5 Å². The second kappa shape index (κ2) is 7.93. The lowest BCUT2D eigenvalue weighted by Crippen LogP contribution is -2.08. The Morgan fingerprint density at radius 3 is 2.52 bits per heavy atom. The molecule has 0 spiro atoms. The van der Waals surface area contributed by atoms with Crippen LogP contribution >= 0.6 is 0 Å². The van der Waals surface area contributed by atoms with Gasteiger partial charge in [0.2, 0.25) is 0 Å². The molecule has 0 aliphatic rings. The number of carbonyl (C=O) groups excluding carboxylic acids is 1. The summed E-state index contributed by atoms with van der Waals surface area (Å²) < 4.78 is 6.45. The van der Waals surface area contributed by atoms with Gasteiger partial charge < -0.3 is 4.74 Å². The number of nitro groups is 1. The Morgan fingerprint density at radius 1 is 1.19 bits per heavy atom. The first-order valence-corrected chi connectivity index (χ1v) is 8.00. The molecule has 1 heterocycles. The Kier molecular flexibility index (Phi) is 5.23. The molecule has 0 N–H and O–H groups in total. The molecule has 0 unspecified atom stereocenters. The number of benzene rings is 2. The maximum atomic E-state index is 11.9. The molecular formula is C19H14N4O4. The molecule has 0 radical (unpaired) electrons. The fraction of sp³-hybridized carbons (Fsp3) is 0.105. The minimum absolute atomic E-state index is 0.0313. The number of para-hydroxylation sites is 1. The van der Waals surface area contributed by atoms with Crippen molar-refractivity contribution in [2.45, 2.75) is 6.42 Å². The molecule has 3 rings (SSSR count). The average Bonchev–Trinajstić information content (AvgIpc) is 3.11. The summed E-state index contributed by atoms with van der Waals surface area (Å²) in [6.07, 6.45) is 1.64. The van der Waals surface area contributed by atoms with E-state index in [0.29, 0.717) is 16.8 Å². The van der Waals surface area contributed by atoms with Gasteiger partial charge in [-0.25, -0.2) is 4.68 Å². The lowest BCUT2D eigenvalue weighted by molar-refractivity contribution is -0.384. The van der Waals surface area contributed by atoms with Crippen molar-refractivity contribution in [2.24, 2.45) is 0 Å². The molecule has 1 aromatic heterocycles. The van der Waals surface area contributed by atoms with Crippen LogP contribution in [0.3, 0.4) is 0 Å². The largest absolute Gasteiger partial charge is 0.450 e. The molecule has 0 amide bonds. The summed E-state index contributed by atoms with van der Waals surface area (Å²) in [7, 11) is 0. The highest BCUT2D eigenvalue weighted by molar-refractivity contribution is 5.77. The Hall–Kier alpha value is -3.99. The number of rotatable bonds is 6. The summed E-state index contributed by atoms with van der Waals surface area (Å²) in [5, 5.41) is 23.9. The van der Waals surface area contributed by atoms with Crippen LogP contribution < -0.4 is 0 Å². The zero-order valence-electron chi connectivity index (χ0n) is 14.1. The molecule has 8 heteroatoms. The first kappa shape index (κ1) is 17.8. The third kappa shape index (κ3) is 4.16. The van der Waals surface area contributed by atoms with Crippen LogP contribution in [0.15, 0.2) is 60.8 Å². The lowest BCUT2D eigenvalue weighted by atomic mass is 10.1. The minimum atomic E-state index is -0.549. The molecule has 0 atom stereocenters. The van der Waals surface area contributed by atoms with Crippen molar-refractivity contribution < 1.29 is 14.5 Å². The van der Waals surface area contributed by atoms with Crippen LogP contribution in [0.2, 0.25) is 0 Å². The predicted octanol–water partition coefficient (Wildman–Crippen LogP) is 3.06. The van der Waals surface area contributed by atoms with Gasteiger partial charge in [0.25, 0.3) is 5.69 Å². The summed E-state index contributed by atoms with van der Waals surface area (Å²) in [5.74, 6) is -0.549. The molecule has 0 fully saturated rings. The fourth-order valence-corrected chi connectivity index (χ4v) is 2.56. The smallest absolute Gasteiger partial charge is 0.311 e. The number of ether oxygens (including phenoxy) is 1. The number of nitriles is 1. The molecule has 8 nitrogen and oxygen atoms in total. The number of hydrogen-bond acceptors (Lipinski definition) is 6. The van der Waals surface area contributed by atoms with Crippen molar-refractivity contribution in [3.63, 3.8) is 0 Å².